The summed E-state index contributed by atoms with van der Waals surface area (Å²) in [6.07, 6.45) is 3.69. The highest BCUT2D eigenvalue weighted by Crippen LogP contribution is 2.32. The lowest BCUT2D eigenvalue weighted by molar-refractivity contribution is 0.628. The summed E-state index contributed by atoms with van der Waals surface area (Å²) in [7, 11) is 0. The number of aryl methyl sites for hydroxylation is 1. The van der Waals surface area contributed by atoms with Crippen LogP contribution in [-0.2, 0) is 6.54 Å². The van der Waals surface area contributed by atoms with Gasteiger partial charge in [-0.15, -0.1) is 6.58 Å². The maximum absolute atomic E-state index is 13.1. The fourth-order valence-corrected chi connectivity index (χ4v) is 2.77. The molecule has 21 heavy (non-hydrogen) atoms. The van der Waals surface area contributed by atoms with E-state index in [4.69, 9.17) is 0 Å². The zero-order valence-corrected chi connectivity index (χ0v) is 12.2. The molecule has 0 fully saturated rings. The Morgan fingerprint density at radius 3 is 2.57 bits per heavy atom. The fourth-order valence-electron chi connectivity index (χ4n) is 2.77. The molecule has 2 heterocycles. The second kappa shape index (κ2) is 5.17. The molecule has 1 aromatic carbocycles. The van der Waals surface area contributed by atoms with E-state index in [0.29, 0.717) is 0 Å². The van der Waals surface area contributed by atoms with Gasteiger partial charge in [0.1, 0.15) is 5.82 Å². The minimum atomic E-state index is -0.236. The molecule has 0 aliphatic heterocycles. The van der Waals surface area contributed by atoms with Crippen LogP contribution in [0.25, 0.3) is 22.2 Å². The summed E-state index contributed by atoms with van der Waals surface area (Å²) in [5, 5.41) is 1.18. The molecule has 0 unspecified atom stereocenters. The summed E-state index contributed by atoms with van der Waals surface area (Å²) >= 11 is 0. The second-order valence-corrected chi connectivity index (χ2v) is 5.17. The summed E-state index contributed by atoms with van der Waals surface area (Å²) in [4.78, 5) is 4.53. The number of aromatic nitrogens is 2. The van der Waals surface area contributed by atoms with Gasteiger partial charge in [-0.1, -0.05) is 6.08 Å². The smallest absolute Gasteiger partial charge is 0.123 e. The lowest BCUT2D eigenvalue weighted by Crippen LogP contribution is -1.99. The molecule has 3 aromatic rings. The average Bonchev–Trinajstić information content (AvgIpc) is 2.74. The Morgan fingerprint density at radius 2 is 1.90 bits per heavy atom. The fraction of sp³-hybridized carbons (Fsp3) is 0.167. The van der Waals surface area contributed by atoms with Crippen LogP contribution >= 0.6 is 0 Å². The number of rotatable bonds is 3. The number of hydrogen-bond donors (Lipinski definition) is 0. The Labute approximate surface area is 123 Å². The van der Waals surface area contributed by atoms with Gasteiger partial charge in [0.25, 0.3) is 0 Å². The van der Waals surface area contributed by atoms with E-state index in [-0.39, 0.29) is 5.82 Å². The molecule has 0 spiro atoms. The number of nitrogens with zero attached hydrogens (tertiary/aromatic N) is 2. The first-order valence-electron chi connectivity index (χ1n) is 6.94. The molecule has 3 heteroatoms. The highest BCUT2D eigenvalue weighted by atomic mass is 19.1. The third kappa shape index (κ3) is 2.15. The summed E-state index contributed by atoms with van der Waals surface area (Å²) in [5.74, 6) is -0.236. The third-order valence-electron chi connectivity index (χ3n) is 3.98. The Morgan fingerprint density at radius 1 is 1.19 bits per heavy atom. The van der Waals surface area contributed by atoms with Crippen molar-refractivity contribution >= 4 is 10.9 Å². The average molecular weight is 280 g/mol. The van der Waals surface area contributed by atoms with E-state index in [2.05, 4.69) is 30.0 Å². The molecule has 0 saturated heterocycles. The third-order valence-corrected chi connectivity index (χ3v) is 3.98. The predicted molar refractivity (Wildman–Crippen MR) is 84.8 cm³/mol. The number of pyridine rings is 1. The Balaban J connectivity index is 2.35. The molecule has 0 aliphatic carbocycles. The molecule has 0 aliphatic rings. The topological polar surface area (TPSA) is 17.8 Å². The maximum atomic E-state index is 13.1. The number of hydrogen-bond acceptors (Lipinski definition) is 1. The van der Waals surface area contributed by atoms with Crippen molar-refractivity contribution in [2.24, 2.45) is 0 Å². The predicted octanol–water partition coefficient (Wildman–Crippen LogP) is 4.65. The molecule has 0 N–H and O–H groups in total. The van der Waals surface area contributed by atoms with Crippen molar-refractivity contribution in [1.82, 2.24) is 9.55 Å². The molecule has 0 bridgehead atoms. The molecule has 106 valence electrons. The van der Waals surface area contributed by atoms with Crippen LogP contribution in [0.2, 0.25) is 0 Å². The Bertz CT molecular complexity index is 813. The highest BCUT2D eigenvalue weighted by Gasteiger charge is 2.15. The van der Waals surface area contributed by atoms with Crippen molar-refractivity contribution in [3.05, 3.63) is 66.3 Å². The first-order chi connectivity index (χ1) is 10.1. The van der Waals surface area contributed by atoms with E-state index >= 15 is 0 Å². The Hall–Kier alpha value is -2.42. The van der Waals surface area contributed by atoms with Crippen LogP contribution in [-0.4, -0.2) is 9.55 Å². The molecule has 0 saturated carbocycles. The van der Waals surface area contributed by atoms with E-state index in [1.807, 2.05) is 18.3 Å². The highest BCUT2D eigenvalue weighted by molar-refractivity contribution is 5.95. The van der Waals surface area contributed by atoms with Gasteiger partial charge in [0, 0.05) is 29.4 Å². The molecule has 0 radical (unpaired) electrons. The van der Waals surface area contributed by atoms with Crippen LogP contribution in [0, 0.1) is 19.7 Å². The van der Waals surface area contributed by atoms with Crippen LogP contribution in [0.5, 0.6) is 0 Å². The van der Waals surface area contributed by atoms with Gasteiger partial charge in [0.05, 0.1) is 11.2 Å². The van der Waals surface area contributed by atoms with Crippen molar-refractivity contribution in [3.8, 4) is 11.3 Å². The molecular weight excluding hydrogens is 263 g/mol. The standard InChI is InChI=1S/C18H17FN2/c1-4-11-21-13(3)12(2)16-9-10-20-17(18(16)21)14-5-7-15(19)8-6-14/h4-10H,1,11H2,2-3H3. The van der Waals surface area contributed by atoms with Crippen LogP contribution in [0.15, 0.2) is 49.2 Å². The van der Waals surface area contributed by atoms with Gasteiger partial charge in [-0.25, -0.2) is 4.39 Å². The normalized spacial score (nSPS) is 11.0. The van der Waals surface area contributed by atoms with Gasteiger partial charge in [-0.3, -0.25) is 4.98 Å². The summed E-state index contributed by atoms with van der Waals surface area (Å²) < 4.78 is 15.4. The molecule has 2 nitrogen and oxygen atoms in total. The van der Waals surface area contributed by atoms with Crippen LogP contribution in [0.4, 0.5) is 4.39 Å². The molecule has 3 rings (SSSR count). The van der Waals surface area contributed by atoms with E-state index in [1.165, 1.54) is 28.8 Å². The van der Waals surface area contributed by atoms with Crippen molar-refractivity contribution in [2.45, 2.75) is 20.4 Å². The largest absolute Gasteiger partial charge is 0.339 e. The van der Waals surface area contributed by atoms with Crippen LogP contribution in [0.1, 0.15) is 11.3 Å². The first-order valence-corrected chi connectivity index (χ1v) is 6.94. The Kier molecular flexibility index (Phi) is 3.34. The number of allylic oxidation sites excluding steroid dienone is 1. The minimum absolute atomic E-state index is 0.236. The van der Waals surface area contributed by atoms with Crippen molar-refractivity contribution in [3.63, 3.8) is 0 Å². The zero-order chi connectivity index (χ0) is 15.0. The van der Waals surface area contributed by atoms with Crippen LogP contribution in [0.3, 0.4) is 0 Å². The number of halogens is 1. The zero-order valence-electron chi connectivity index (χ0n) is 12.2. The summed E-state index contributed by atoms with van der Waals surface area (Å²) in [6.45, 7) is 8.79. The van der Waals surface area contributed by atoms with Crippen molar-refractivity contribution < 1.29 is 4.39 Å². The maximum Gasteiger partial charge on any atom is 0.123 e. The second-order valence-electron chi connectivity index (χ2n) is 5.17. The summed E-state index contributed by atoms with van der Waals surface area (Å²) in [5.41, 5.74) is 5.34. The van der Waals surface area contributed by atoms with Gasteiger partial charge in [-0.05, 0) is 49.7 Å². The van der Waals surface area contributed by atoms with E-state index in [0.717, 1.165) is 23.3 Å². The lowest BCUT2D eigenvalue weighted by atomic mass is 10.1. The minimum Gasteiger partial charge on any atom is -0.339 e. The van der Waals surface area contributed by atoms with Crippen LogP contribution < -0.4 is 0 Å². The quantitative estimate of drug-likeness (QED) is 0.639. The molecule has 2 aromatic heterocycles. The van der Waals surface area contributed by atoms with E-state index < -0.39 is 0 Å². The lowest BCUT2D eigenvalue weighted by Gasteiger charge is -2.09. The monoisotopic (exact) mass is 280 g/mol. The number of fused-ring (bicyclic) bond motifs is 1. The SMILES string of the molecule is C=CCn1c(C)c(C)c2ccnc(-c3ccc(F)cc3)c21. The number of benzene rings is 1. The van der Waals surface area contributed by atoms with E-state index in [1.54, 1.807) is 12.1 Å². The first kappa shape index (κ1) is 13.6. The van der Waals surface area contributed by atoms with Gasteiger partial charge < -0.3 is 4.57 Å². The van der Waals surface area contributed by atoms with Crippen molar-refractivity contribution in [2.75, 3.05) is 0 Å². The molecule has 0 amide bonds. The van der Waals surface area contributed by atoms with Gasteiger partial charge >= 0.3 is 0 Å². The molecular formula is C18H17FN2. The van der Waals surface area contributed by atoms with Crippen molar-refractivity contribution in [1.29, 1.82) is 0 Å². The van der Waals surface area contributed by atoms with Gasteiger partial charge in [0.2, 0.25) is 0 Å². The van der Waals surface area contributed by atoms with E-state index in [9.17, 15) is 4.39 Å². The molecule has 0 atom stereocenters. The van der Waals surface area contributed by atoms with Gasteiger partial charge in [0.15, 0.2) is 0 Å². The summed E-state index contributed by atoms with van der Waals surface area (Å²) in [6, 6.07) is 8.51. The van der Waals surface area contributed by atoms with Gasteiger partial charge in [-0.2, -0.15) is 0 Å².